The van der Waals surface area contributed by atoms with E-state index >= 15 is 0 Å². The molecule has 2 amide bonds. The number of nitrogens with zero attached hydrogens (tertiary/aromatic N) is 2. The first-order valence-corrected chi connectivity index (χ1v) is 9.48. The fraction of sp³-hybridized carbons (Fsp3) is 0.318. The molecule has 2 aromatic carbocycles. The molecular formula is C22H22N2O4. The minimum absolute atomic E-state index is 0.0519. The van der Waals surface area contributed by atoms with Gasteiger partial charge in [-0.05, 0) is 23.6 Å². The number of benzene rings is 2. The monoisotopic (exact) mass is 378 g/mol. The summed E-state index contributed by atoms with van der Waals surface area (Å²) >= 11 is 0. The second-order valence-corrected chi connectivity index (χ2v) is 7.37. The maximum Gasteiger partial charge on any atom is 0.308 e. The fourth-order valence-corrected chi connectivity index (χ4v) is 4.20. The first-order chi connectivity index (χ1) is 13.5. The Morgan fingerprint density at radius 2 is 1.68 bits per heavy atom. The number of likely N-dealkylation sites (tertiary alicyclic amines) is 1. The zero-order valence-corrected chi connectivity index (χ0v) is 15.5. The van der Waals surface area contributed by atoms with E-state index < -0.39 is 11.9 Å². The van der Waals surface area contributed by atoms with Crippen LogP contribution in [0, 0.1) is 5.92 Å². The highest BCUT2D eigenvalue weighted by molar-refractivity contribution is 6.01. The summed E-state index contributed by atoms with van der Waals surface area (Å²) in [6.45, 7) is 0.463. The number of aryl methyl sites for hydroxylation is 1. The molecule has 0 aliphatic carbocycles. The molecule has 1 saturated heterocycles. The van der Waals surface area contributed by atoms with Crippen molar-refractivity contribution in [3.05, 3.63) is 65.7 Å². The fourth-order valence-electron chi connectivity index (χ4n) is 4.20. The van der Waals surface area contributed by atoms with Crippen molar-refractivity contribution in [1.29, 1.82) is 0 Å². The molecule has 28 heavy (non-hydrogen) atoms. The van der Waals surface area contributed by atoms with Gasteiger partial charge in [-0.25, -0.2) is 0 Å². The van der Waals surface area contributed by atoms with Crippen molar-refractivity contribution < 1.29 is 19.5 Å². The number of carbonyl (C=O) groups excluding carboxylic acids is 2. The lowest BCUT2D eigenvalue weighted by atomic mass is 9.89. The Labute approximate surface area is 163 Å². The van der Waals surface area contributed by atoms with Crippen molar-refractivity contribution in [2.45, 2.75) is 18.8 Å². The van der Waals surface area contributed by atoms with Crippen molar-refractivity contribution in [2.24, 2.45) is 5.92 Å². The molecule has 0 saturated carbocycles. The third-order valence-electron chi connectivity index (χ3n) is 5.70. The van der Waals surface area contributed by atoms with Crippen LogP contribution < -0.4 is 4.90 Å². The van der Waals surface area contributed by atoms with Crippen LogP contribution in [-0.4, -0.2) is 47.4 Å². The molecule has 2 unspecified atom stereocenters. The average Bonchev–Trinajstić information content (AvgIpc) is 3.17. The van der Waals surface area contributed by atoms with E-state index in [0.29, 0.717) is 19.4 Å². The van der Waals surface area contributed by atoms with Crippen molar-refractivity contribution in [1.82, 2.24) is 4.90 Å². The molecule has 2 aliphatic heterocycles. The molecule has 0 bridgehead atoms. The molecule has 2 atom stereocenters. The van der Waals surface area contributed by atoms with Gasteiger partial charge in [-0.3, -0.25) is 14.4 Å². The van der Waals surface area contributed by atoms with Crippen LogP contribution in [0.25, 0.3) is 0 Å². The number of aliphatic carboxylic acids is 1. The second kappa shape index (κ2) is 7.46. The number of hydrogen-bond donors (Lipinski definition) is 1. The van der Waals surface area contributed by atoms with Crippen molar-refractivity contribution in [3.8, 4) is 0 Å². The zero-order valence-electron chi connectivity index (χ0n) is 15.5. The maximum atomic E-state index is 13.0. The van der Waals surface area contributed by atoms with Crippen LogP contribution >= 0.6 is 0 Å². The SMILES string of the molecule is O=C(O)C1CN(C(=O)CN2C(=O)CCc3ccccc32)CC1c1ccccc1. The third kappa shape index (κ3) is 3.38. The smallest absolute Gasteiger partial charge is 0.308 e. The van der Waals surface area contributed by atoms with Gasteiger partial charge in [-0.2, -0.15) is 0 Å². The highest BCUT2D eigenvalue weighted by Gasteiger charge is 2.41. The van der Waals surface area contributed by atoms with Crippen molar-refractivity contribution in [2.75, 3.05) is 24.5 Å². The number of carboxylic acids is 1. The minimum Gasteiger partial charge on any atom is -0.481 e. The molecule has 0 radical (unpaired) electrons. The van der Waals surface area contributed by atoms with Gasteiger partial charge in [0.2, 0.25) is 11.8 Å². The van der Waals surface area contributed by atoms with Crippen LogP contribution in [0.5, 0.6) is 0 Å². The van der Waals surface area contributed by atoms with Gasteiger partial charge >= 0.3 is 5.97 Å². The number of amides is 2. The number of fused-ring (bicyclic) bond motifs is 1. The van der Waals surface area contributed by atoms with Gasteiger partial charge in [-0.1, -0.05) is 48.5 Å². The van der Waals surface area contributed by atoms with Crippen LogP contribution in [-0.2, 0) is 20.8 Å². The van der Waals surface area contributed by atoms with Crippen molar-refractivity contribution >= 4 is 23.5 Å². The lowest BCUT2D eigenvalue weighted by Crippen LogP contribution is -2.44. The average molecular weight is 378 g/mol. The van der Waals surface area contributed by atoms with Gasteiger partial charge in [0.15, 0.2) is 0 Å². The van der Waals surface area contributed by atoms with Crippen LogP contribution in [0.4, 0.5) is 5.69 Å². The highest BCUT2D eigenvalue weighted by Crippen LogP contribution is 2.33. The van der Waals surface area contributed by atoms with Gasteiger partial charge in [0.1, 0.15) is 6.54 Å². The van der Waals surface area contributed by atoms with Gasteiger partial charge in [0, 0.05) is 31.1 Å². The summed E-state index contributed by atoms with van der Waals surface area (Å²) in [5.41, 5.74) is 2.76. The van der Waals surface area contributed by atoms with E-state index in [9.17, 15) is 19.5 Å². The number of carboxylic acid groups (broad SMARTS) is 1. The van der Waals surface area contributed by atoms with Gasteiger partial charge in [0.05, 0.1) is 5.92 Å². The zero-order chi connectivity index (χ0) is 19.7. The van der Waals surface area contributed by atoms with Crippen LogP contribution in [0.1, 0.15) is 23.5 Å². The van der Waals surface area contributed by atoms with Gasteiger partial charge in [0.25, 0.3) is 0 Å². The Morgan fingerprint density at radius 1 is 0.964 bits per heavy atom. The summed E-state index contributed by atoms with van der Waals surface area (Å²) in [6.07, 6.45) is 1.06. The molecule has 1 fully saturated rings. The molecule has 2 aromatic rings. The molecule has 0 spiro atoms. The largest absolute Gasteiger partial charge is 0.481 e. The van der Waals surface area contributed by atoms with E-state index in [-0.39, 0.29) is 30.8 Å². The number of para-hydroxylation sites is 1. The van der Waals surface area contributed by atoms with E-state index in [1.54, 1.807) is 4.90 Å². The molecular weight excluding hydrogens is 356 g/mol. The van der Waals surface area contributed by atoms with E-state index in [1.165, 1.54) is 4.90 Å². The number of rotatable bonds is 4. The summed E-state index contributed by atoms with van der Waals surface area (Å²) < 4.78 is 0. The van der Waals surface area contributed by atoms with Crippen LogP contribution in [0.3, 0.4) is 0 Å². The molecule has 4 rings (SSSR count). The Kier molecular flexibility index (Phi) is 4.86. The predicted molar refractivity (Wildman–Crippen MR) is 104 cm³/mol. The predicted octanol–water partition coefficient (Wildman–Crippen LogP) is 2.29. The molecule has 2 aliphatic rings. The Morgan fingerprint density at radius 3 is 2.43 bits per heavy atom. The van der Waals surface area contributed by atoms with Gasteiger partial charge < -0.3 is 14.9 Å². The molecule has 0 aromatic heterocycles. The molecule has 1 N–H and O–H groups in total. The second-order valence-electron chi connectivity index (χ2n) is 7.37. The number of anilines is 1. The topological polar surface area (TPSA) is 77.9 Å². The van der Waals surface area contributed by atoms with Crippen molar-refractivity contribution in [3.63, 3.8) is 0 Å². The van der Waals surface area contributed by atoms with E-state index in [1.807, 2.05) is 54.6 Å². The third-order valence-corrected chi connectivity index (χ3v) is 5.70. The van der Waals surface area contributed by atoms with E-state index in [4.69, 9.17) is 0 Å². The highest BCUT2D eigenvalue weighted by atomic mass is 16.4. The summed E-state index contributed by atoms with van der Waals surface area (Å²) in [4.78, 5) is 40.3. The van der Waals surface area contributed by atoms with E-state index in [2.05, 4.69) is 0 Å². The summed E-state index contributed by atoms with van der Waals surface area (Å²) in [7, 11) is 0. The molecule has 144 valence electrons. The number of hydrogen-bond acceptors (Lipinski definition) is 3. The van der Waals surface area contributed by atoms with E-state index in [0.717, 1.165) is 16.8 Å². The summed E-state index contributed by atoms with van der Waals surface area (Å²) in [5.74, 6) is -2.07. The van der Waals surface area contributed by atoms with Crippen LogP contribution in [0.15, 0.2) is 54.6 Å². The van der Waals surface area contributed by atoms with Crippen LogP contribution in [0.2, 0.25) is 0 Å². The molecule has 6 heteroatoms. The lowest BCUT2D eigenvalue weighted by Gasteiger charge is -2.30. The quantitative estimate of drug-likeness (QED) is 0.886. The molecule has 6 nitrogen and oxygen atoms in total. The first-order valence-electron chi connectivity index (χ1n) is 9.48. The van der Waals surface area contributed by atoms with Gasteiger partial charge in [-0.15, -0.1) is 0 Å². The summed E-state index contributed by atoms with van der Waals surface area (Å²) in [6, 6.07) is 17.1. The standard InChI is InChI=1S/C22H22N2O4/c25-20-11-10-16-8-4-5-9-19(16)24(20)14-21(26)23-12-17(18(13-23)22(27)28)15-6-2-1-3-7-15/h1-9,17-18H,10-14H2,(H,27,28). The lowest BCUT2D eigenvalue weighted by molar-refractivity contribution is -0.142. The Bertz CT molecular complexity index is 912. The minimum atomic E-state index is -0.899. The Hall–Kier alpha value is -3.15. The summed E-state index contributed by atoms with van der Waals surface area (Å²) in [5, 5.41) is 9.64. The Balaban J connectivity index is 1.53. The maximum absolute atomic E-state index is 13.0. The molecule has 2 heterocycles. The normalized spacial score (nSPS) is 21.5. The first kappa shape index (κ1) is 18.2. The number of carbonyl (C=O) groups is 3.